The summed E-state index contributed by atoms with van der Waals surface area (Å²) in [6, 6.07) is 5.62. The molecule has 0 aromatic heterocycles. The highest BCUT2D eigenvalue weighted by atomic mass is 31.2. The summed E-state index contributed by atoms with van der Waals surface area (Å²) in [4.78, 5) is 18.2. The minimum atomic E-state index is -4.97. The number of hydrogen-bond donors (Lipinski definition) is 7. The Hall–Kier alpha value is -2.16. The Labute approximate surface area is 149 Å². The fraction of sp³-hybridized carbons (Fsp3) is 0.312. The van der Waals surface area contributed by atoms with Crippen LogP contribution >= 0.6 is 7.75 Å². The predicted molar refractivity (Wildman–Crippen MR) is 92.7 cm³/mol. The number of benzene rings is 1. The normalized spacial score (nSPS) is 21.3. The summed E-state index contributed by atoms with van der Waals surface area (Å²) in [5.74, 6) is -6.68. The Morgan fingerprint density at radius 2 is 1.69 bits per heavy atom. The second kappa shape index (κ2) is 7.22. The Morgan fingerprint density at radius 1 is 1.12 bits per heavy atom. The van der Waals surface area contributed by atoms with Crippen molar-refractivity contribution in [2.75, 3.05) is 0 Å². The van der Waals surface area contributed by atoms with Crippen molar-refractivity contribution in [2.45, 2.75) is 25.0 Å². The monoisotopic (exact) mass is 385 g/mol. The maximum atomic E-state index is 11.2. The minimum absolute atomic E-state index is 0.0258. The third kappa shape index (κ3) is 4.32. The Morgan fingerprint density at radius 3 is 2.19 bits per heavy atom. The van der Waals surface area contributed by atoms with Gasteiger partial charge in [0.15, 0.2) is 5.79 Å². The highest BCUT2D eigenvalue weighted by Crippen LogP contribution is 2.44. The van der Waals surface area contributed by atoms with E-state index in [2.05, 4.69) is 4.76 Å². The van der Waals surface area contributed by atoms with Gasteiger partial charge in [-0.25, -0.2) is 4.57 Å². The van der Waals surface area contributed by atoms with Crippen LogP contribution in [0.2, 0.25) is 0 Å². The Balaban J connectivity index is 2.55. The quantitative estimate of drug-likeness (QED) is 0.296. The average Bonchev–Trinajstić information content (AvgIpc) is 2.46. The fourth-order valence-electron chi connectivity index (χ4n) is 3.02. The maximum Gasteiger partial charge on any atom is 0.448 e. The van der Waals surface area contributed by atoms with Gasteiger partial charge in [0, 0.05) is 18.1 Å². The standard InChI is InChI=1S/C16H20NO8P/c1-2-12(9-3-5-10(18)6-4-9)16(21,22)15-13(17-26(23,24)25)7-11(19)8-14(15)20/h3-8,12,15,18-22H,2H2,1H3,(H2,23,24,25)/b17-13+. The van der Waals surface area contributed by atoms with Crippen LogP contribution in [0.3, 0.4) is 0 Å². The van der Waals surface area contributed by atoms with Crippen LogP contribution in [0, 0.1) is 5.92 Å². The summed E-state index contributed by atoms with van der Waals surface area (Å²) in [5, 5.41) is 50.7. The first-order valence-corrected chi connectivity index (χ1v) is 9.22. The van der Waals surface area contributed by atoms with Crippen LogP contribution in [-0.4, -0.2) is 46.8 Å². The lowest BCUT2D eigenvalue weighted by molar-refractivity contribution is -0.199. The van der Waals surface area contributed by atoms with E-state index in [0.29, 0.717) is 5.56 Å². The number of rotatable bonds is 5. The molecule has 1 aliphatic carbocycles. The highest BCUT2D eigenvalue weighted by Gasteiger charge is 2.48. The summed E-state index contributed by atoms with van der Waals surface area (Å²) in [6.07, 6.45) is 1.86. The number of phenols is 1. The summed E-state index contributed by atoms with van der Waals surface area (Å²) < 4.78 is 14.4. The second-order valence-electron chi connectivity index (χ2n) is 5.94. The number of aromatic hydroxyl groups is 1. The van der Waals surface area contributed by atoms with Crippen molar-refractivity contribution < 1.29 is 39.9 Å². The summed E-state index contributed by atoms with van der Waals surface area (Å²) in [6.45, 7) is 1.65. The zero-order valence-electron chi connectivity index (χ0n) is 13.8. The molecule has 10 heteroatoms. The molecule has 0 fully saturated rings. The van der Waals surface area contributed by atoms with Gasteiger partial charge in [0.05, 0.1) is 5.71 Å². The second-order valence-corrected chi connectivity index (χ2v) is 7.17. The number of phenolic OH excluding ortho intramolecular Hbond substituents is 1. The van der Waals surface area contributed by atoms with E-state index >= 15 is 0 Å². The molecule has 2 rings (SSSR count). The van der Waals surface area contributed by atoms with E-state index in [4.69, 9.17) is 9.79 Å². The molecule has 0 bridgehead atoms. The lowest BCUT2D eigenvalue weighted by Gasteiger charge is -2.38. The molecule has 1 aromatic rings. The SMILES string of the molecule is CCC(c1ccc(O)cc1)C(O)(O)C1C(O)=CC(O)=C/C1=N\P(=O)(O)O. The highest BCUT2D eigenvalue weighted by molar-refractivity contribution is 7.50. The lowest BCUT2D eigenvalue weighted by Crippen LogP contribution is -2.48. The van der Waals surface area contributed by atoms with Crippen LogP contribution in [0.4, 0.5) is 0 Å². The molecule has 2 atom stereocenters. The predicted octanol–water partition coefficient (Wildman–Crippen LogP) is 1.61. The molecule has 1 aliphatic rings. The van der Waals surface area contributed by atoms with Crippen molar-refractivity contribution in [1.29, 1.82) is 0 Å². The topological polar surface area (TPSA) is 171 Å². The first-order valence-electron chi connectivity index (χ1n) is 7.66. The van der Waals surface area contributed by atoms with E-state index in [1.165, 1.54) is 24.3 Å². The molecule has 142 valence electrons. The number of hydrogen-bond acceptors (Lipinski definition) is 6. The van der Waals surface area contributed by atoms with Crippen molar-refractivity contribution in [3.8, 4) is 5.75 Å². The third-order valence-electron chi connectivity index (χ3n) is 4.07. The smallest absolute Gasteiger partial charge is 0.448 e. The van der Waals surface area contributed by atoms with E-state index in [-0.39, 0.29) is 12.2 Å². The van der Waals surface area contributed by atoms with Gasteiger partial charge in [-0.3, -0.25) is 0 Å². The molecule has 0 saturated heterocycles. The van der Waals surface area contributed by atoms with Crippen molar-refractivity contribution in [2.24, 2.45) is 10.7 Å². The van der Waals surface area contributed by atoms with Gasteiger partial charge in [-0.15, -0.1) is 0 Å². The molecule has 0 saturated carbocycles. The molecule has 0 radical (unpaired) electrons. The molecule has 7 N–H and O–H groups in total. The van der Waals surface area contributed by atoms with Crippen molar-refractivity contribution in [1.82, 2.24) is 0 Å². The van der Waals surface area contributed by atoms with Gasteiger partial charge < -0.3 is 35.3 Å². The molecule has 2 unspecified atom stereocenters. The van der Waals surface area contributed by atoms with E-state index in [0.717, 1.165) is 12.2 Å². The summed E-state index contributed by atoms with van der Waals surface area (Å²) in [5.41, 5.74) is -0.157. The first kappa shape index (κ1) is 20.2. The molecular formula is C16H20NO8P. The van der Waals surface area contributed by atoms with Gasteiger partial charge in [0.2, 0.25) is 0 Å². The minimum Gasteiger partial charge on any atom is -0.511 e. The molecule has 26 heavy (non-hydrogen) atoms. The van der Waals surface area contributed by atoms with E-state index < -0.39 is 42.6 Å². The average molecular weight is 385 g/mol. The Kier molecular flexibility index (Phi) is 5.60. The molecular weight excluding hydrogens is 365 g/mol. The molecule has 1 aromatic carbocycles. The molecule has 9 nitrogen and oxygen atoms in total. The van der Waals surface area contributed by atoms with Crippen LogP contribution < -0.4 is 0 Å². The number of aliphatic hydroxyl groups excluding tert-OH is 2. The largest absolute Gasteiger partial charge is 0.511 e. The lowest BCUT2D eigenvalue weighted by atomic mass is 9.76. The number of aliphatic hydroxyl groups is 4. The van der Waals surface area contributed by atoms with Gasteiger partial charge in [-0.05, 0) is 24.1 Å². The molecule has 0 aliphatic heterocycles. The number of nitrogens with zero attached hydrogens (tertiary/aromatic N) is 1. The molecule has 0 amide bonds. The van der Waals surface area contributed by atoms with Gasteiger partial charge in [0.1, 0.15) is 23.2 Å². The van der Waals surface area contributed by atoms with E-state index in [9.17, 15) is 30.1 Å². The summed E-state index contributed by atoms with van der Waals surface area (Å²) >= 11 is 0. The van der Waals surface area contributed by atoms with Gasteiger partial charge in [-0.1, -0.05) is 19.1 Å². The summed E-state index contributed by atoms with van der Waals surface area (Å²) in [7, 11) is -4.97. The van der Waals surface area contributed by atoms with E-state index in [1.54, 1.807) is 6.92 Å². The zero-order chi connectivity index (χ0) is 19.7. The molecule has 0 spiro atoms. The Bertz CT molecular complexity index is 806. The maximum absolute atomic E-state index is 11.2. The van der Waals surface area contributed by atoms with Crippen LogP contribution in [0.1, 0.15) is 24.8 Å². The van der Waals surface area contributed by atoms with Crippen LogP contribution in [-0.2, 0) is 4.57 Å². The van der Waals surface area contributed by atoms with Gasteiger partial charge >= 0.3 is 7.75 Å². The first-order chi connectivity index (χ1) is 12.0. The van der Waals surface area contributed by atoms with Crippen LogP contribution in [0.15, 0.2) is 52.7 Å². The van der Waals surface area contributed by atoms with Gasteiger partial charge in [-0.2, -0.15) is 4.76 Å². The van der Waals surface area contributed by atoms with Crippen molar-refractivity contribution in [3.63, 3.8) is 0 Å². The third-order valence-corrected chi connectivity index (χ3v) is 4.56. The zero-order valence-corrected chi connectivity index (χ0v) is 14.7. The van der Waals surface area contributed by atoms with Crippen LogP contribution in [0.5, 0.6) is 5.75 Å². The van der Waals surface area contributed by atoms with Crippen molar-refractivity contribution >= 4 is 13.5 Å². The fourth-order valence-corrected chi connectivity index (χ4v) is 3.50. The van der Waals surface area contributed by atoms with Crippen LogP contribution in [0.25, 0.3) is 0 Å². The van der Waals surface area contributed by atoms with Gasteiger partial charge in [0.25, 0.3) is 0 Å². The molecule has 0 heterocycles. The van der Waals surface area contributed by atoms with E-state index in [1.807, 2.05) is 0 Å². The van der Waals surface area contributed by atoms with Crippen molar-refractivity contribution in [3.05, 3.63) is 53.5 Å². The number of allylic oxidation sites excluding steroid dienone is 2.